The lowest BCUT2D eigenvalue weighted by molar-refractivity contribution is -0.131. The van der Waals surface area contributed by atoms with Crippen molar-refractivity contribution in [2.75, 3.05) is 6.54 Å². The Morgan fingerprint density at radius 2 is 2.31 bits per heavy atom. The molecule has 0 radical (unpaired) electrons. The van der Waals surface area contributed by atoms with Crippen molar-refractivity contribution in [1.82, 2.24) is 4.90 Å². The van der Waals surface area contributed by atoms with Crippen LogP contribution in [0.1, 0.15) is 45.4 Å². The summed E-state index contributed by atoms with van der Waals surface area (Å²) in [5, 5.41) is 8.54. The smallest absolute Gasteiger partial charge is 0.222 e. The van der Waals surface area contributed by atoms with E-state index >= 15 is 0 Å². The molecular weight excluding hydrogens is 202 g/mol. The molecule has 1 unspecified atom stereocenters. The monoisotopic (exact) mass is 223 g/mol. The van der Waals surface area contributed by atoms with Crippen molar-refractivity contribution in [2.24, 2.45) is 5.73 Å². The van der Waals surface area contributed by atoms with Crippen LogP contribution in [0.15, 0.2) is 0 Å². The summed E-state index contributed by atoms with van der Waals surface area (Å²) in [6.07, 6.45) is 4.96. The standard InChI is InChI=1S/C12H21N3O/c1-10(14)4-2-5-12(16)15(9-3-8-13)11-6-7-11/h10-11H,2-7,9,14H2,1H3. The van der Waals surface area contributed by atoms with Crippen molar-refractivity contribution in [2.45, 2.75) is 57.5 Å². The average molecular weight is 223 g/mol. The third kappa shape index (κ3) is 4.63. The molecule has 1 aliphatic rings. The summed E-state index contributed by atoms with van der Waals surface area (Å²) in [4.78, 5) is 13.8. The number of nitrogens with zero attached hydrogens (tertiary/aromatic N) is 2. The first kappa shape index (κ1) is 13.0. The number of nitrogens with two attached hydrogens (primary N) is 1. The number of carbonyl (C=O) groups is 1. The van der Waals surface area contributed by atoms with Crippen molar-refractivity contribution in [1.29, 1.82) is 5.26 Å². The van der Waals surface area contributed by atoms with E-state index in [1.54, 1.807) is 0 Å². The molecule has 0 aliphatic heterocycles. The Labute approximate surface area is 97.4 Å². The number of rotatable bonds is 7. The summed E-state index contributed by atoms with van der Waals surface area (Å²) < 4.78 is 0. The molecule has 0 aromatic heterocycles. The maximum Gasteiger partial charge on any atom is 0.222 e. The van der Waals surface area contributed by atoms with Crippen molar-refractivity contribution >= 4 is 5.91 Å². The van der Waals surface area contributed by atoms with E-state index in [0.29, 0.717) is 25.4 Å². The lowest BCUT2D eigenvalue weighted by Gasteiger charge is -2.21. The van der Waals surface area contributed by atoms with E-state index in [2.05, 4.69) is 6.07 Å². The van der Waals surface area contributed by atoms with Gasteiger partial charge in [-0.1, -0.05) is 0 Å². The largest absolute Gasteiger partial charge is 0.339 e. The van der Waals surface area contributed by atoms with Crippen molar-refractivity contribution in [3.05, 3.63) is 0 Å². The van der Waals surface area contributed by atoms with Gasteiger partial charge in [0.2, 0.25) is 5.91 Å². The zero-order valence-corrected chi connectivity index (χ0v) is 9.98. The second-order valence-electron chi connectivity index (χ2n) is 4.60. The molecule has 4 heteroatoms. The van der Waals surface area contributed by atoms with Gasteiger partial charge in [-0.3, -0.25) is 4.79 Å². The minimum Gasteiger partial charge on any atom is -0.339 e. The van der Waals surface area contributed by atoms with Crippen molar-refractivity contribution in [3.63, 3.8) is 0 Å². The van der Waals surface area contributed by atoms with Gasteiger partial charge >= 0.3 is 0 Å². The van der Waals surface area contributed by atoms with Crippen LogP contribution in [0.5, 0.6) is 0 Å². The second kappa shape index (κ2) is 6.49. The highest BCUT2D eigenvalue weighted by molar-refractivity contribution is 5.76. The third-order valence-corrected chi connectivity index (χ3v) is 2.82. The van der Waals surface area contributed by atoms with Gasteiger partial charge in [0, 0.05) is 25.0 Å². The molecule has 0 aromatic rings. The molecule has 90 valence electrons. The van der Waals surface area contributed by atoms with E-state index in [-0.39, 0.29) is 11.9 Å². The Morgan fingerprint density at radius 1 is 1.62 bits per heavy atom. The molecule has 0 bridgehead atoms. The van der Waals surface area contributed by atoms with Gasteiger partial charge in [-0.15, -0.1) is 0 Å². The van der Waals surface area contributed by atoms with E-state index in [0.717, 1.165) is 25.7 Å². The Hall–Kier alpha value is -1.08. The zero-order valence-electron chi connectivity index (χ0n) is 9.98. The highest BCUT2D eigenvalue weighted by Crippen LogP contribution is 2.27. The first-order chi connectivity index (χ1) is 7.65. The fourth-order valence-corrected chi connectivity index (χ4v) is 1.79. The van der Waals surface area contributed by atoms with Crippen LogP contribution in [0.4, 0.5) is 0 Å². The third-order valence-electron chi connectivity index (χ3n) is 2.82. The highest BCUT2D eigenvalue weighted by atomic mass is 16.2. The normalized spacial score (nSPS) is 16.6. The molecule has 0 aromatic carbocycles. The average Bonchev–Trinajstić information content (AvgIpc) is 3.02. The first-order valence-corrected chi connectivity index (χ1v) is 6.07. The quantitative estimate of drug-likeness (QED) is 0.709. The van der Waals surface area contributed by atoms with E-state index < -0.39 is 0 Å². The van der Waals surface area contributed by atoms with Gasteiger partial charge in [0.25, 0.3) is 0 Å². The fourth-order valence-electron chi connectivity index (χ4n) is 1.79. The molecule has 1 rings (SSSR count). The van der Waals surface area contributed by atoms with Crippen molar-refractivity contribution in [3.8, 4) is 6.07 Å². The SMILES string of the molecule is CC(N)CCCC(=O)N(CCC#N)C1CC1. The summed E-state index contributed by atoms with van der Waals surface area (Å²) in [6.45, 7) is 2.55. The Morgan fingerprint density at radius 3 is 2.81 bits per heavy atom. The predicted molar refractivity (Wildman–Crippen MR) is 62.5 cm³/mol. The van der Waals surface area contributed by atoms with E-state index in [4.69, 9.17) is 11.0 Å². The minimum atomic E-state index is 0.168. The number of hydrogen-bond acceptors (Lipinski definition) is 3. The number of hydrogen-bond donors (Lipinski definition) is 1. The maximum atomic E-state index is 11.9. The van der Waals surface area contributed by atoms with Crippen LogP contribution in [0.25, 0.3) is 0 Å². The molecule has 0 spiro atoms. The van der Waals surface area contributed by atoms with Crippen LogP contribution in [-0.2, 0) is 4.79 Å². The minimum absolute atomic E-state index is 0.168. The molecular formula is C12H21N3O. The van der Waals surface area contributed by atoms with Gasteiger partial charge in [-0.2, -0.15) is 5.26 Å². The molecule has 0 heterocycles. The van der Waals surface area contributed by atoms with Gasteiger partial charge in [-0.05, 0) is 32.6 Å². The van der Waals surface area contributed by atoms with Crippen LogP contribution < -0.4 is 5.73 Å². The number of amides is 1. The highest BCUT2D eigenvalue weighted by Gasteiger charge is 2.31. The van der Waals surface area contributed by atoms with Crippen molar-refractivity contribution < 1.29 is 4.79 Å². The Balaban J connectivity index is 2.27. The lowest BCUT2D eigenvalue weighted by Crippen LogP contribution is -2.33. The summed E-state index contributed by atoms with van der Waals surface area (Å²) in [6, 6.07) is 2.68. The van der Waals surface area contributed by atoms with Gasteiger partial charge in [0.05, 0.1) is 12.5 Å². The summed E-state index contributed by atoms with van der Waals surface area (Å²) in [7, 11) is 0. The van der Waals surface area contributed by atoms with Crippen LogP contribution in [0.3, 0.4) is 0 Å². The maximum absolute atomic E-state index is 11.9. The first-order valence-electron chi connectivity index (χ1n) is 6.07. The summed E-state index contributed by atoms with van der Waals surface area (Å²) >= 11 is 0. The molecule has 16 heavy (non-hydrogen) atoms. The predicted octanol–water partition coefficient (Wildman–Crippen LogP) is 1.41. The number of nitriles is 1. The van der Waals surface area contributed by atoms with Crippen LogP contribution in [0, 0.1) is 11.3 Å². The van der Waals surface area contributed by atoms with E-state index in [1.165, 1.54) is 0 Å². The van der Waals surface area contributed by atoms with Crippen LogP contribution in [0.2, 0.25) is 0 Å². The Kier molecular flexibility index (Phi) is 5.27. The fraction of sp³-hybridized carbons (Fsp3) is 0.833. The molecule has 1 saturated carbocycles. The Bertz CT molecular complexity index is 266. The molecule has 1 amide bonds. The summed E-state index contributed by atoms with van der Waals surface area (Å²) in [5.74, 6) is 0.193. The molecule has 1 atom stereocenters. The lowest BCUT2D eigenvalue weighted by atomic mass is 10.1. The molecule has 4 nitrogen and oxygen atoms in total. The van der Waals surface area contributed by atoms with Gasteiger partial charge < -0.3 is 10.6 Å². The second-order valence-corrected chi connectivity index (χ2v) is 4.60. The van der Waals surface area contributed by atoms with Gasteiger partial charge in [0.15, 0.2) is 0 Å². The molecule has 1 aliphatic carbocycles. The van der Waals surface area contributed by atoms with E-state index in [1.807, 2.05) is 11.8 Å². The molecule has 2 N–H and O–H groups in total. The molecule has 0 saturated heterocycles. The van der Waals surface area contributed by atoms with Gasteiger partial charge in [-0.25, -0.2) is 0 Å². The van der Waals surface area contributed by atoms with Gasteiger partial charge in [0.1, 0.15) is 0 Å². The number of carbonyl (C=O) groups excluding carboxylic acids is 1. The summed E-state index contributed by atoms with van der Waals surface area (Å²) in [5.41, 5.74) is 5.64. The van der Waals surface area contributed by atoms with Crippen LogP contribution >= 0.6 is 0 Å². The topological polar surface area (TPSA) is 70.1 Å². The zero-order chi connectivity index (χ0) is 12.0. The molecule has 1 fully saturated rings. The van der Waals surface area contributed by atoms with E-state index in [9.17, 15) is 4.79 Å². The van der Waals surface area contributed by atoms with Crippen LogP contribution in [-0.4, -0.2) is 29.4 Å².